The molecule has 3 heterocycles. The average Bonchev–Trinajstić information content (AvgIpc) is 2.60. The normalized spacial score (nSPS) is 29.9. The van der Waals surface area contributed by atoms with Gasteiger partial charge in [0.15, 0.2) is 0 Å². The topological polar surface area (TPSA) is 49.2 Å². The zero-order valence-corrected chi connectivity index (χ0v) is 11.2. The standard InChI is InChI=1S/C12H13ClF3N3O/c13-9-5-10(18-11(17-9)12(14,15)16)19-6-1-2-7(19)4-8(20)3-6/h5-8,20H,1-4H2. The summed E-state index contributed by atoms with van der Waals surface area (Å²) < 4.78 is 38.2. The molecule has 0 amide bonds. The first-order chi connectivity index (χ1) is 9.34. The van der Waals surface area contributed by atoms with Crippen LogP contribution in [0.2, 0.25) is 5.15 Å². The molecule has 2 aliphatic rings. The van der Waals surface area contributed by atoms with Crippen LogP contribution in [0.3, 0.4) is 0 Å². The van der Waals surface area contributed by atoms with Crippen LogP contribution in [0.5, 0.6) is 0 Å². The second-order valence-electron chi connectivity index (χ2n) is 5.29. The molecule has 2 bridgehead atoms. The first-order valence-corrected chi connectivity index (χ1v) is 6.80. The van der Waals surface area contributed by atoms with Crippen LogP contribution < -0.4 is 4.90 Å². The lowest BCUT2D eigenvalue weighted by atomic mass is 10.00. The van der Waals surface area contributed by atoms with E-state index in [-0.39, 0.29) is 29.2 Å². The Balaban J connectivity index is 1.97. The average molecular weight is 308 g/mol. The van der Waals surface area contributed by atoms with Gasteiger partial charge < -0.3 is 10.0 Å². The van der Waals surface area contributed by atoms with Crippen LogP contribution >= 0.6 is 11.6 Å². The number of anilines is 1. The highest BCUT2D eigenvalue weighted by atomic mass is 35.5. The molecule has 20 heavy (non-hydrogen) atoms. The number of hydrogen-bond acceptors (Lipinski definition) is 4. The number of aromatic nitrogens is 2. The van der Waals surface area contributed by atoms with Gasteiger partial charge in [-0.1, -0.05) is 11.6 Å². The van der Waals surface area contributed by atoms with E-state index in [0.717, 1.165) is 12.8 Å². The number of alkyl halides is 3. The summed E-state index contributed by atoms with van der Waals surface area (Å²) in [5.41, 5.74) is 0. The van der Waals surface area contributed by atoms with Gasteiger partial charge in [-0.2, -0.15) is 13.2 Å². The van der Waals surface area contributed by atoms with E-state index < -0.39 is 12.0 Å². The molecule has 1 N–H and O–H groups in total. The van der Waals surface area contributed by atoms with Crippen molar-refractivity contribution in [3.8, 4) is 0 Å². The molecule has 0 spiro atoms. The summed E-state index contributed by atoms with van der Waals surface area (Å²) in [7, 11) is 0. The lowest BCUT2D eigenvalue weighted by Gasteiger charge is -2.38. The van der Waals surface area contributed by atoms with Crippen molar-refractivity contribution in [3.63, 3.8) is 0 Å². The molecule has 2 aliphatic heterocycles. The molecule has 1 aromatic heterocycles. The van der Waals surface area contributed by atoms with E-state index in [9.17, 15) is 18.3 Å². The minimum atomic E-state index is -4.62. The van der Waals surface area contributed by atoms with Gasteiger partial charge in [0.2, 0.25) is 5.82 Å². The van der Waals surface area contributed by atoms with Gasteiger partial charge in [0.05, 0.1) is 6.10 Å². The van der Waals surface area contributed by atoms with Gasteiger partial charge in [-0.15, -0.1) is 0 Å². The van der Waals surface area contributed by atoms with Gasteiger partial charge >= 0.3 is 6.18 Å². The van der Waals surface area contributed by atoms with Crippen molar-refractivity contribution in [2.75, 3.05) is 4.90 Å². The van der Waals surface area contributed by atoms with Crippen molar-refractivity contribution in [1.82, 2.24) is 9.97 Å². The second-order valence-corrected chi connectivity index (χ2v) is 5.67. The van der Waals surface area contributed by atoms with Crippen LogP contribution in [-0.4, -0.2) is 33.3 Å². The Morgan fingerprint density at radius 1 is 1.20 bits per heavy atom. The Morgan fingerprint density at radius 2 is 1.80 bits per heavy atom. The third kappa shape index (κ3) is 2.44. The smallest absolute Gasteiger partial charge is 0.393 e. The van der Waals surface area contributed by atoms with Crippen LogP contribution in [-0.2, 0) is 6.18 Å². The predicted molar refractivity (Wildman–Crippen MR) is 66.6 cm³/mol. The minimum Gasteiger partial charge on any atom is -0.393 e. The highest BCUT2D eigenvalue weighted by Gasteiger charge is 2.42. The molecule has 0 aromatic carbocycles. The fourth-order valence-electron chi connectivity index (χ4n) is 3.19. The van der Waals surface area contributed by atoms with E-state index in [1.165, 1.54) is 6.07 Å². The number of hydrogen-bond donors (Lipinski definition) is 1. The molecule has 0 saturated carbocycles. The van der Waals surface area contributed by atoms with Crippen molar-refractivity contribution in [2.45, 2.75) is 50.0 Å². The summed E-state index contributed by atoms with van der Waals surface area (Å²) in [5, 5.41) is 9.51. The number of rotatable bonds is 1. The van der Waals surface area contributed by atoms with Gasteiger partial charge in [-0.25, -0.2) is 9.97 Å². The highest BCUT2D eigenvalue weighted by molar-refractivity contribution is 6.29. The molecule has 3 rings (SSSR count). The Bertz CT molecular complexity index is 511. The molecule has 4 nitrogen and oxygen atoms in total. The maximum Gasteiger partial charge on any atom is 0.451 e. The van der Waals surface area contributed by atoms with Gasteiger partial charge in [-0.3, -0.25) is 0 Å². The van der Waals surface area contributed by atoms with Crippen LogP contribution in [0.1, 0.15) is 31.5 Å². The maximum atomic E-state index is 12.7. The first-order valence-electron chi connectivity index (χ1n) is 6.43. The molecule has 110 valence electrons. The van der Waals surface area contributed by atoms with E-state index in [2.05, 4.69) is 9.97 Å². The molecule has 1 aromatic rings. The van der Waals surface area contributed by atoms with Crippen LogP contribution in [0.15, 0.2) is 6.07 Å². The van der Waals surface area contributed by atoms with Gasteiger partial charge in [0.1, 0.15) is 11.0 Å². The Labute approximate surface area is 118 Å². The van der Waals surface area contributed by atoms with E-state index in [0.29, 0.717) is 12.8 Å². The molecule has 0 aliphatic carbocycles. The van der Waals surface area contributed by atoms with Crippen molar-refractivity contribution in [2.24, 2.45) is 0 Å². The van der Waals surface area contributed by atoms with E-state index in [1.807, 2.05) is 4.90 Å². The van der Waals surface area contributed by atoms with E-state index in [1.54, 1.807) is 0 Å². The van der Waals surface area contributed by atoms with Crippen molar-refractivity contribution in [1.29, 1.82) is 0 Å². The zero-order valence-electron chi connectivity index (χ0n) is 10.4. The minimum absolute atomic E-state index is 0.0239. The Kier molecular flexibility index (Phi) is 3.29. The maximum absolute atomic E-state index is 12.7. The fraction of sp³-hybridized carbons (Fsp3) is 0.667. The Morgan fingerprint density at radius 3 is 2.35 bits per heavy atom. The molecular formula is C12H13ClF3N3O. The summed E-state index contributed by atoms with van der Waals surface area (Å²) in [5.74, 6) is -1.01. The lowest BCUT2D eigenvalue weighted by Crippen LogP contribution is -2.45. The number of fused-ring (bicyclic) bond motifs is 2. The third-order valence-electron chi connectivity index (χ3n) is 3.91. The van der Waals surface area contributed by atoms with Crippen molar-refractivity contribution < 1.29 is 18.3 Å². The predicted octanol–water partition coefficient (Wildman–Crippen LogP) is 2.64. The molecule has 2 saturated heterocycles. The van der Waals surface area contributed by atoms with Crippen molar-refractivity contribution in [3.05, 3.63) is 17.0 Å². The van der Waals surface area contributed by atoms with E-state index in [4.69, 9.17) is 11.6 Å². The number of piperidine rings is 1. The zero-order chi connectivity index (χ0) is 14.5. The summed E-state index contributed by atoms with van der Waals surface area (Å²) in [6, 6.07) is 1.41. The third-order valence-corrected chi connectivity index (χ3v) is 4.10. The molecule has 2 atom stereocenters. The SMILES string of the molecule is OC1CC2CCC(C1)N2c1cc(Cl)nc(C(F)(F)F)n1. The fourth-order valence-corrected chi connectivity index (χ4v) is 3.36. The molecule has 8 heteroatoms. The first kappa shape index (κ1) is 13.9. The highest BCUT2D eigenvalue weighted by Crippen LogP contribution is 2.40. The van der Waals surface area contributed by atoms with Gasteiger partial charge in [0.25, 0.3) is 0 Å². The molecule has 2 fully saturated rings. The largest absolute Gasteiger partial charge is 0.451 e. The monoisotopic (exact) mass is 307 g/mol. The van der Waals surface area contributed by atoms with Gasteiger partial charge in [-0.05, 0) is 25.7 Å². The number of nitrogens with zero attached hydrogens (tertiary/aromatic N) is 3. The lowest BCUT2D eigenvalue weighted by molar-refractivity contribution is -0.144. The second kappa shape index (κ2) is 4.73. The summed E-state index contributed by atoms with van der Waals surface area (Å²) in [6.45, 7) is 0. The molecular weight excluding hydrogens is 295 g/mol. The number of aliphatic hydroxyl groups excluding tert-OH is 1. The summed E-state index contributed by atoms with van der Waals surface area (Å²) in [6.07, 6.45) is -2.19. The number of aliphatic hydroxyl groups is 1. The van der Waals surface area contributed by atoms with Crippen LogP contribution in [0, 0.1) is 0 Å². The van der Waals surface area contributed by atoms with Crippen LogP contribution in [0.4, 0.5) is 19.0 Å². The van der Waals surface area contributed by atoms with Crippen LogP contribution in [0.25, 0.3) is 0 Å². The number of halogens is 4. The Hall–Kier alpha value is -1.08. The molecule has 0 radical (unpaired) electrons. The van der Waals surface area contributed by atoms with E-state index >= 15 is 0 Å². The molecule has 2 unspecified atom stereocenters. The van der Waals surface area contributed by atoms with Gasteiger partial charge in [0, 0.05) is 18.2 Å². The van der Waals surface area contributed by atoms with Crippen molar-refractivity contribution >= 4 is 17.4 Å². The summed E-state index contributed by atoms with van der Waals surface area (Å²) in [4.78, 5) is 8.71. The summed E-state index contributed by atoms with van der Waals surface area (Å²) >= 11 is 5.69. The quantitative estimate of drug-likeness (QED) is 0.810.